The number of anilines is 1. The van der Waals surface area contributed by atoms with Crippen molar-refractivity contribution in [3.05, 3.63) is 42.5 Å². The van der Waals surface area contributed by atoms with Crippen molar-refractivity contribution >= 4 is 33.4 Å². The number of hydrogen-bond donors (Lipinski definition) is 2. The molecule has 0 radical (unpaired) electrons. The zero-order valence-electron chi connectivity index (χ0n) is 12.1. The van der Waals surface area contributed by atoms with E-state index in [1.54, 1.807) is 0 Å². The van der Waals surface area contributed by atoms with Crippen LogP contribution in [0.5, 0.6) is 0 Å². The number of carbonyl (C=O) groups excluding carboxylic acids is 1. The van der Waals surface area contributed by atoms with Crippen LogP contribution in [0.15, 0.2) is 42.5 Å². The third-order valence-corrected chi connectivity index (χ3v) is 3.74. The number of carbonyl (C=O) groups is 1. The van der Waals surface area contributed by atoms with Crippen molar-refractivity contribution in [1.29, 1.82) is 0 Å². The van der Waals surface area contributed by atoms with Crippen LogP contribution in [-0.2, 0) is 11.3 Å². The van der Waals surface area contributed by atoms with Gasteiger partial charge in [-0.15, -0.1) is 0 Å². The van der Waals surface area contributed by atoms with E-state index in [-0.39, 0.29) is 0 Å². The molecule has 0 aliphatic carbocycles. The van der Waals surface area contributed by atoms with Crippen LogP contribution in [0.3, 0.4) is 0 Å². The molecule has 2 aromatic carbocycles. The second-order valence-electron chi connectivity index (χ2n) is 5.16. The van der Waals surface area contributed by atoms with Gasteiger partial charge in [-0.3, -0.25) is 4.79 Å². The summed E-state index contributed by atoms with van der Waals surface area (Å²) in [4.78, 5) is 11.6. The maximum atomic E-state index is 11.6. The van der Waals surface area contributed by atoms with E-state index >= 15 is 0 Å². The summed E-state index contributed by atoms with van der Waals surface area (Å²) >= 11 is 0. The molecule has 3 rings (SSSR count). The average Bonchev–Trinajstić information content (AvgIpc) is 2.80. The number of para-hydroxylation sites is 1. The van der Waals surface area contributed by atoms with E-state index in [0.717, 1.165) is 17.4 Å². The van der Waals surface area contributed by atoms with Crippen LogP contribution < -0.4 is 5.32 Å². The Kier molecular flexibility index (Phi) is 3.39. The van der Waals surface area contributed by atoms with Crippen LogP contribution in [0.25, 0.3) is 21.8 Å². The number of aliphatic hydroxyl groups is 1. The molecule has 0 spiro atoms. The summed E-state index contributed by atoms with van der Waals surface area (Å²) < 4.78 is 2.25. The molecule has 0 aliphatic rings. The molecule has 0 bridgehead atoms. The lowest BCUT2D eigenvalue weighted by molar-refractivity contribution is -0.123. The minimum absolute atomic E-state index is 0.395. The SMILES string of the molecule is CCn1c2ccccc2c2cc(NC(=O)C(C)O)ccc21. The van der Waals surface area contributed by atoms with Crippen molar-refractivity contribution in [3.8, 4) is 0 Å². The Labute approximate surface area is 123 Å². The first-order valence-corrected chi connectivity index (χ1v) is 7.11. The van der Waals surface area contributed by atoms with E-state index in [1.165, 1.54) is 17.8 Å². The number of nitrogens with one attached hydrogen (secondary N) is 1. The number of amides is 1. The minimum Gasteiger partial charge on any atom is -0.384 e. The molecular formula is C17H18N2O2. The predicted octanol–water partition coefficient (Wildman–Crippen LogP) is 3.13. The van der Waals surface area contributed by atoms with Crippen molar-refractivity contribution < 1.29 is 9.90 Å². The van der Waals surface area contributed by atoms with Crippen LogP contribution in [0.4, 0.5) is 5.69 Å². The first kappa shape index (κ1) is 13.6. The Morgan fingerprint density at radius 2 is 1.90 bits per heavy atom. The van der Waals surface area contributed by atoms with Gasteiger partial charge in [0.2, 0.25) is 0 Å². The number of rotatable bonds is 3. The fourth-order valence-electron chi connectivity index (χ4n) is 2.72. The van der Waals surface area contributed by atoms with Crippen LogP contribution in [-0.4, -0.2) is 21.7 Å². The fourth-order valence-corrected chi connectivity index (χ4v) is 2.72. The van der Waals surface area contributed by atoms with Crippen molar-refractivity contribution in [1.82, 2.24) is 4.57 Å². The van der Waals surface area contributed by atoms with Crippen molar-refractivity contribution in [2.75, 3.05) is 5.32 Å². The highest BCUT2D eigenvalue weighted by molar-refractivity contribution is 6.09. The first-order valence-electron chi connectivity index (χ1n) is 7.11. The fraction of sp³-hybridized carbons (Fsp3) is 0.235. The summed E-state index contributed by atoms with van der Waals surface area (Å²) in [6.07, 6.45) is -1.02. The topological polar surface area (TPSA) is 54.3 Å². The van der Waals surface area contributed by atoms with Gasteiger partial charge in [0.15, 0.2) is 0 Å². The van der Waals surface area contributed by atoms with Gasteiger partial charge in [0.1, 0.15) is 6.10 Å². The van der Waals surface area contributed by atoms with E-state index in [9.17, 15) is 9.90 Å². The third-order valence-electron chi connectivity index (χ3n) is 3.74. The van der Waals surface area contributed by atoms with Gasteiger partial charge in [-0.1, -0.05) is 18.2 Å². The first-order chi connectivity index (χ1) is 10.1. The molecule has 0 saturated heterocycles. The Balaban J connectivity index is 2.17. The number of aliphatic hydroxyl groups excluding tert-OH is 1. The molecule has 1 heterocycles. The number of benzene rings is 2. The molecule has 1 atom stereocenters. The molecular weight excluding hydrogens is 264 g/mol. The Morgan fingerprint density at radius 1 is 1.19 bits per heavy atom. The van der Waals surface area contributed by atoms with E-state index < -0.39 is 12.0 Å². The van der Waals surface area contributed by atoms with Gasteiger partial charge in [0, 0.05) is 34.0 Å². The predicted molar refractivity (Wildman–Crippen MR) is 85.4 cm³/mol. The van der Waals surface area contributed by atoms with Crippen LogP contribution >= 0.6 is 0 Å². The maximum absolute atomic E-state index is 11.6. The van der Waals surface area contributed by atoms with Gasteiger partial charge in [-0.2, -0.15) is 0 Å². The van der Waals surface area contributed by atoms with Crippen LogP contribution in [0.2, 0.25) is 0 Å². The molecule has 0 fully saturated rings. The standard InChI is InChI=1S/C17H18N2O2/c1-3-19-15-7-5-4-6-13(15)14-10-12(8-9-16(14)19)18-17(21)11(2)20/h4-11,20H,3H2,1-2H3,(H,18,21). The zero-order chi connectivity index (χ0) is 15.0. The van der Waals surface area contributed by atoms with E-state index in [0.29, 0.717) is 5.69 Å². The molecule has 1 unspecified atom stereocenters. The lowest BCUT2D eigenvalue weighted by Crippen LogP contribution is -2.24. The highest BCUT2D eigenvalue weighted by Gasteiger charge is 2.12. The summed E-state index contributed by atoms with van der Waals surface area (Å²) in [7, 11) is 0. The van der Waals surface area contributed by atoms with E-state index in [2.05, 4.69) is 28.9 Å². The van der Waals surface area contributed by atoms with Gasteiger partial charge in [0.25, 0.3) is 5.91 Å². The summed E-state index contributed by atoms with van der Waals surface area (Å²) in [5, 5.41) is 14.3. The lowest BCUT2D eigenvalue weighted by Gasteiger charge is -2.08. The minimum atomic E-state index is -1.02. The van der Waals surface area contributed by atoms with Gasteiger partial charge < -0.3 is 15.0 Å². The monoisotopic (exact) mass is 282 g/mol. The normalized spacial score (nSPS) is 12.7. The molecule has 108 valence electrons. The van der Waals surface area contributed by atoms with Gasteiger partial charge in [0.05, 0.1) is 0 Å². The molecule has 3 aromatic rings. The number of aryl methyl sites for hydroxylation is 1. The van der Waals surface area contributed by atoms with Crippen LogP contribution in [0, 0.1) is 0 Å². The number of aromatic nitrogens is 1. The van der Waals surface area contributed by atoms with Crippen molar-refractivity contribution in [2.45, 2.75) is 26.5 Å². The Morgan fingerprint density at radius 3 is 2.62 bits per heavy atom. The van der Waals surface area contributed by atoms with E-state index in [1.807, 2.05) is 30.3 Å². The summed E-state index contributed by atoms with van der Waals surface area (Å²) in [6, 6.07) is 14.1. The van der Waals surface area contributed by atoms with Gasteiger partial charge >= 0.3 is 0 Å². The van der Waals surface area contributed by atoms with E-state index in [4.69, 9.17) is 0 Å². The summed E-state index contributed by atoms with van der Waals surface area (Å²) in [5.41, 5.74) is 3.04. The number of fused-ring (bicyclic) bond motifs is 3. The molecule has 1 amide bonds. The van der Waals surface area contributed by atoms with Gasteiger partial charge in [-0.05, 0) is 38.1 Å². The number of nitrogens with zero attached hydrogens (tertiary/aromatic N) is 1. The summed E-state index contributed by atoms with van der Waals surface area (Å²) in [5.74, 6) is -0.395. The maximum Gasteiger partial charge on any atom is 0.252 e. The molecule has 2 N–H and O–H groups in total. The largest absolute Gasteiger partial charge is 0.384 e. The molecule has 1 aromatic heterocycles. The quantitative estimate of drug-likeness (QED) is 0.775. The molecule has 21 heavy (non-hydrogen) atoms. The highest BCUT2D eigenvalue weighted by Crippen LogP contribution is 2.30. The van der Waals surface area contributed by atoms with Crippen LogP contribution in [0.1, 0.15) is 13.8 Å². The highest BCUT2D eigenvalue weighted by atomic mass is 16.3. The second kappa shape index (κ2) is 5.22. The smallest absolute Gasteiger partial charge is 0.252 e. The third kappa shape index (κ3) is 2.28. The number of hydrogen-bond acceptors (Lipinski definition) is 2. The Bertz CT molecular complexity index is 818. The Hall–Kier alpha value is -2.33. The summed E-state index contributed by atoms with van der Waals surface area (Å²) in [6.45, 7) is 4.47. The molecule has 4 nitrogen and oxygen atoms in total. The molecule has 4 heteroatoms. The van der Waals surface area contributed by atoms with Crippen molar-refractivity contribution in [2.24, 2.45) is 0 Å². The van der Waals surface area contributed by atoms with Crippen molar-refractivity contribution in [3.63, 3.8) is 0 Å². The lowest BCUT2D eigenvalue weighted by atomic mass is 10.1. The second-order valence-corrected chi connectivity index (χ2v) is 5.16. The molecule has 0 saturated carbocycles. The zero-order valence-corrected chi connectivity index (χ0v) is 12.1. The van der Waals surface area contributed by atoms with Gasteiger partial charge in [-0.25, -0.2) is 0 Å². The average molecular weight is 282 g/mol. The molecule has 0 aliphatic heterocycles.